The summed E-state index contributed by atoms with van der Waals surface area (Å²) in [4.78, 5) is 32.2. The molecule has 134 valence electrons. The minimum absolute atomic E-state index is 0.0360. The van der Waals surface area contributed by atoms with Gasteiger partial charge in [-0.1, -0.05) is 44.2 Å². The summed E-state index contributed by atoms with van der Waals surface area (Å²) in [5.41, 5.74) is 11.1. The molecule has 0 heterocycles. The van der Waals surface area contributed by atoms with Crippen LogP contribution in [-0.4, -0.2) is 46.7 Å². The number of carboxylic acid groups (broad SMARTS) is 2. The Hall–Kier alpha value is -2.45. The number of hydrogen-bond acceptors (Lipinski definition) is 5. The number of carboxylic acids is 2. The third-order valence-electron chi connectivity index (χ3n) is 3.09. The Kier molecular flexibility index (Phi) is 10.0. The first-order valence-corrected chi connectivity index (χ1v) is 7.43. The number of benzene rings is 1. The third kappa shape index (κ3) is 8.86. The molecule has 8 heteroatoms. The van der Waals surface area contributed by atoms with E-state index < -0.39 is 29.9 Å². The Labute approximate surface area is 140 Å². The number of nitrogens with two attached hydrogens (primary N) is 2. The fraction of sp³-hybridized carbons (Fsp3) is 0.438. The van der Waals surface area contributed by atoms with Crippen LogP contribution >= 0.6 is 0 Å². The van der Waals surface area contributed by atoms with Gasteiger partial charge in [-0.3, -0.25) is 9.59 Å². The zero-order valence-corrected chi connectivity index (χ0v) is 13.8. The number of rotatable bonds is 7. The van der Waals surface area contributed by atoms with Gasteiger partial charge in [0.15, 0.2) is 0 Å². The lowest BCUT2D eigenvalue weighted by molar-refractivity contribution is -0.142. The van der Waals surface area contributed by atoms with Crippen LogP contribution in [0.2, 0.25) is 0 Å². The highest BCUT2D eigenvalue weighted by Gasteiger charge is 2.24. The van der Waals surface area contributed by atoms with Crippen molar-refractivity contribution in [2.45, 2.75) is 32.4 Å². The Morgan fingerprint density at radius 1 is 1.12 bits per heavy atom. The molecule has 24 heavy (non-hydrogen) atoms. The lowest BCUT2D eigenvalue weighted by Crippen LogP contribution is -2.51. The summed E-state index contributed by atoms with van der Waals surface area (Å²) < 4.78 is 0. The van der Waals surface area contributed by atoms with Gasteiger partial charge in [0.05, 0.1) is 12.6 Å². The van der Waals surface area contributed by atoms with Gasteiger partial charge in [-0.25, -0.2) is 4.79 Å². The van der Waals surface area contributed by atoms with Crippen LogP contribution in [0.15, 0.2) is 30.3 Å². The van der Waals surface area contributed by atoms with Gasteiger partial charge in [0.25, 0.3) is 0 Å². The van der Waals surface area contributed by atoms with E-state index in [9.17, 15) is 14.4 Å². The van der Waals surface area contributed by atoms with E-state index >= 15 is 0 Å². The standard InChI is InChI=1S/C14H20N2O3.C2H5NO2/c1-9(2)12(15)13(17)16-11(14(18)19)8-10-6-4-3-5-7-10;3-1-2(4)5/h3-7,9,11-12H,8,15H2,1-2H3,(H,16,17)(H,18,19);1,3H2,(H,4,5). The molecule has 1 rings (SSSR count). The minimum Gasteiger partial charge on any atom is -0.480 e. The van der Waals surface area contributed by atoms with E-state index in [4.69, 9.17) is 15.9 Å². The highest BCUT2D eigenvalue weighted by molar-refractivity contribution is 5.87. The van der Waals surface area contributed by atoms with Crippen molar-refractivity contribution < 1.29 is 24.6 Å². The van der Waals surface area contributed by atoms with Gasteiger partial charge in [0.1, 0.15) is 6.04 Å². The average molecular weight is 339 g/mol. The zero-order chi connectivity index (χ0) is 18.7. The van der Waals surface area contributed by atoms with Crippen molar-refractivity contribution >= 4 is 17.8 Å². The highest BCUT2D eigenvalue weighted by atomic mass is 16.4. The molecule has 0 aliphatic rings. The molecule has 0 aliphatic carbocycles. The van der Waals surface area contributed by atoms with Crippen LogP contribution in [0.5, 0.6) is 0 Å². The minimum atomic E-state index is -1.06. The first-order chi connectivity index (χ1) is 11.2. The number of carbonyl (C=O) groups excluding carboxylic acids is 1. The van der Waals surface area contributed by atoms with Crippen LogP contribution in [0.3, 0.4) is 0 Å². The van der Waals surface area contributed by atoms with Crippen molar-refractivity contribution in [3.63, 3.8) is 0 Å². The molecule has 0 radical (unpaired) electrons. The molecule has 0 aliphatic heterocycles. The molecule has 1 aromatic carbocycles. The molecule has 0 fully saturated rings. The van der Waals surface area contributed by atoms with Gasteiger partial charge in [0.2, 0.25) is 5.91 Å². The number of nitrogens with one attached hydrogen (secondary N) is 1. The van der Waals surface area contributed by atoms with Crippen molar-refractivity contribution in [2.24, 2.45) is 17.4 Å². The summed E-state index contributed by atoms with van der Waals surface area (Å²) in [7, 11) is 0. The summed E-state index contributed by atoms with van der Waals surface area (Å²) in [6.07, 6.45) is 0.243. The molecule has 0 saturated heterocycles. The molecule has 0 aromatic heterocycles. The number of aliphatic carboxylic acids is 2. The fourth-order valence-electron chi connectivity index (χ4n) is 1.62. The number of hydrogen-bond donors (Lipinski definition) is 5. The SMILES string of the molecule is CC(C)C(N)C(=O)NC(Cc1ccccc1)C(=O)O.NCC(=O)O. The second kappa shape index (κ2) is 11.1. The maximum absolute atomic E-state index is 11.8. The van der Waals surface area contributed by atoms with Crippen molar-refractivity contribution in [2.75, 3.05) is 6.54 Å². The first kappa shape index (κ1) is 21.6. The molecular weight excluding hydrogens is 314 g/mol. The predicted molar refractivity (Wildman–Crippen MR) is 89.2 cm³/mol. The topological polar surface area (TPSA) is 156 Å². The summed E-state index contributed by atoms with van der Waals surface area (Å²) >= 11 is 0. The molecule has 0 bridgehead atoms. The van der Waals surface area contributed by atoms with Crippen LogP contribution in [-0.2, 0) is 20.8 Å². The third-order valence-corrected chi connectivity index (χ3v) is 3.09. The molecule has 0 spiro atoms. The Balaban J connectivity index is 0.000000922. The summed E-state index contributed by atoms with van der Waals surface area (Å²) in [5, 5.41) is 19.2. The zero-order valence-electron chi connectivity index (χ0n) is 13.8. The summed E-state index contributed by atoms with van der Waals surface area (Å²) in [6.45, 7) is 3.36. The van der Waals surface area contributed by atoms with E-state index in [1.807, 2.05) is 44.2 Å². The maximum atomic E-state index is 11.8. The van der Waals surface area contributed by atoms with E-state index in [0.717, 1.165) is 5.56 Å². The van der Waals surface area contributed by atoms with Crippen LogP contribution in [0.4, 0.5) is 0 Å². The second-order valence-electron chi connectivity index (χ2n) is 5.46. The van der Waals surface area contributed by atoms with Crippen molar-refractivity contribution in [3.8, 4) is 0 Å². The van der Waals surface area contributed by atoms with Gasteiger partial charge < -0.3 is 27.0 Å². The van der Waals surface area contributed by atoms with Gasteiger partial charge >= 0.3 is 11.9 Å². The summed E-state index contributed by atoms with van der Waals surface area (Å²) in [6, 6.07) is 7.50. The predicted octanol–water partition coefficient (Wildman–Crippen LogP) is -0.188. The van der Waals surface area contributed by atoms with Crippen molar-refractivity contribution in [1.82, 2.24) is 5.32 Å². The largest absolute Gasteiger partial charge is 0.480 e. The molecule has 1 aromatic rings. The van der Waals surface area contributed by atoms with E-state index in [2.05, 4.69) is 11.1 Å². The van der Waals surface area contributed by atoms with Crippen LogP contribution in [0, 0.1) is 5.92 Å². The molecule has 1 amide bonds. The number of carbonyl (C=O) groups is 3. The molecule has 0 saturated carbocycles. The molecular formula is C16H25N3O5. The lowest BCUT2D eigenvalue weighted by atomic mass is 10.0. The molecule has 2 unspecified atom stereocenters. The van der Waals surface area contributed by atoms with E-state index in [1.54, 1.807) is 0 Å². The number of amides is 1. The fourth-order valence-corrected chi connectivity index (χ4v) is 1.62. The van der Waals surface area contributed by atoms with Gasteiger partial charge in [-0.15, -0.1) is 0 Å². The van der Waals surface area contributed by atoms with Crippen LogP contribution in [0.25, 0.3) is 0 Å². The van der Waals surface area contributed by atoms with Crippen LogP contribution in [0.1, 0.15) is 19.4 Å². The lowest BCUT2D eigenvalue weighted by Gasteiger charge is -2.19. The van der Waals surface area contributed by atoms with E-state index in [-0.39, 0.29) is 18.9 Å². The Morgan fingerprint density at radius 3 is 2.00 bits per heavy atom. The first-order valence-electron chi connectivity index (χ1n) is 7.43. The van der Waals surface area contributed by atoms with Crippen LogP contribution < -0.4 is 16.8 Å². The maximum Gasteiger partial charge on any atom is 0.326 e. The quantitative estimate of drug-likeness (QED) is 0.461. The normalized spacial score (nSPS) is 12.5. The molecule has 7 N–H and O–H groups in total. The van der Waals surface area contributed by atoms with Crippen molar-refractivity contribution in [3.05, 3.63) is 35.9 Å². The van der Waals surface area contributed by atoms with E-state index in [0.29, 0.717) is 0 Å². The second-order valence-corrected chi connectivity index (χ2v) is 5.46. The molecule has 2 atom stereocenters. The van der Waals surface area contributed by atoms with Crippen molar-refractivity contribution in [1.29, 1.82) is 0 Å². The summed E-state index contributed by atoms with van der Waals surface area (Å²) in [5.74, 6) is -2.50. The smallest absolute Gasteiger partial charge is 0.326 e. The van der Waals surface area contributed by atoms with E-state index in [1.165, 1.54) is 0 Å². The molecule has 8 nitrogen and oxygen atoms in total. The van der Waals surface area contributed by atoms with Gasteiger partial charge in [-0.05, 0) is 11.5 Å². The highest BCUT2D eigenvalue weighted by Crippen LogP contribution is 2.05. The Morgan fingerprint density at radius 2 is 1.62 bits per heavy atom. The van der Waals surface area contributed by atoms with Gasteiger partial charge in [-0.2, -0.15) is 0 Å². The van der Waals surface area contributed by atoms with Gasteiger partial charge in [0, 0.05) is 6.42 Å². The Bertz CT molecular complexity index is 534. The monoisotopic (exact) mass is 339 g/mol. The average Bonchev–Trinajstić information content (AvgIpc) is 2.54.